The smallest absolute Gasteiger partial charge is 0.250 e. The Bertz CT molecular complexity index is 236. The van der Waals surface area contributed by atoms with Gasteiger partial charge in [-0.2, -0.15) is 0 Å². The van der Waals surface area contributed by atoms with Crippen LogP contribution in [0.2, 0.25) is 0 Å². The Morgan fingerprint density at radius 3 is 2.46 bits per heavy atom. The van der Waals surface area contributed by atoms with Gasteiger partial charge in [0, 0.05) is 12.1 Å². The molecule has 0 aliphatic carbocycles. The quantitative estimate of drug-likeness (QED) is 0.520. The van der Waals surface area contributed by atoms with Crippen molar-refractivity contribution < 1.29 is 4.79 Å². The van der Waals surface area contributed by atoms with Crippen molar-refractivity contribution in [1.29, 1.82) is 0 Å². The first-order valence-corrected chi connectivity index (χ1v) is 4.50. The van der Waals surface area contributed by atoms with E-state index in [2.05, 4.69) is 5.32 Å². The van der Waals surface area contributed by atoms with Crippen LogP contribution in [0.1, 0.15) is 20.8 Å². The lowest BCUT2D eigenvalue weighted by Crippen LogP contribution is -2.23. The Morgan fingerprint density at radius 2 is 2.00 bits per heavy atom. The van der Waals surface area contributed by atoms with Crippen LogP contribution in [0.5, 0.6) is 0 Å². The molecule has 72 valence electrons. The predicted molar refractivity (Wildman–Crippen MR) is 56.4 cm³/mol. The standard InChI is InChI=1S/C11H17NO/c1-4-7-8-9-10(5-2)11(13)12-6-3/h4-5,7-9H,6H2,1-3H3,(H,12,13)/b7-4-,9-8-,10-5+. The van der Waals surface area contributed by atoms with Gasteiger partial charge in [0.25, 0.3) is 5.91 Å². The summed E-state index contributed by atoms with van der Waals surface area (Å²) in [7, 11) is 0. The van der Waals surface area contributed by atoms with E-state index in [-0.39, 0.29) is 5.91 Å². The lowest BCUT2D eigenvalue weighted by molar-refractivity contribution is -0.117. The van der Waals surface area contributed by atoms with E-state index in [1.165, 1.54) is 0 Å². The number of carbonyl (C=O) groups is 1. The van der Waals surface area contributed by atoms with Crippen LogP contribution < -0.4 is 5.32 Å². The van der Waals surface area contributed by atoms with Gasteiger partial charge in [-0.05, 0) is 26.8 Å². The SMILES string of the molecule is C\C=C/C=C\C(=C/C)C(=O)NCC. The highest BCUT2D eigenvalue weighted by Gasteiger charge is 2.01. The van der Waals surface area contributed by atoms with E-state index >= 15 is 0 Å². The summed E-state index contributed by atoms with van der Waals surface area (Å²) >= 11 is 0. The molecular weight excluding hydrogens is 162 g/mol. The Morgan fingerprint density at radius 1 is 1.31 bits per heavy atom. The molecule has 0 rings (SSSR count). The van der Waals surface area contributed by atoms with Crippen LogP contribution in [0, 0.1) is 0 Å². The van der Waals surface area contributed by atoms with Crippen molar-refractivity contribution >= 4 is 5.91 Å². The van der Waals surface area contributed by atoms with Crippen LogP contribution in [0.15, 0.2) is 36.0 Å². The average molecular weight is 179 g/mol. The fraction of sp³-hybridized carbons (Fsp3) is 0.364. The van der Waals surface area contributed by atoms with Gasteiger partial charge in [-0.1, -0.05) is 24.3 Å². The molecule has 0 saturated carbocycles. The Kier molecular flexibility index (Phi) is 6.60. The molecule has 0 aromatic heterocycles. The van der Waals surface area contributed by atoms with E-state index in [1.807, 2.05) is 39.0 Å². The zero-order valence-corrected chi connectivity index (χ0v) is 8.50. The number of amides is 1. The lowest BCUT2D eigenvalue weighted by Gasteiger charge is -2.00. The molecule has 0 heterocycles. The molecule has 0 bridgehead atoms. The van der Waals surface area contributed by atoms with Crippen LogP contribution in [-0.4, -0.2) is 12.5 Å². The van der Waals surface area contributed by atoms with E-state index < -0.39 is 0 Å². The number of likely N-dealkylation sites (N-methyl/N-ethyl adjacent to an activating group) is 1. The van der Waals surface area contributed by atoms with Gasteiger partial charge < -0.3 is 5.32 Å². The fourth-order valence-corrected chi connectivity index (χ4v) is 0.836. The maximum absolute atomic E-state index is 11.3. The van der Waals surface area contributed by atoms with Gasteiger partial charge >= 0.3 is 0 Å². The molecule has 13 heavy (non-hydrogen) atoms. The second-order valence-electron chi connectivity index (χ2n) is 2.49. The second-order valence-corrected chi connectivity index (χ2v) is 2.49. The van der Waals surface area contributed by atoms with Gasteiger partial charge in [-0.3, -0.25) is 4.79 Å². The zero-order chi connectivity index (χ0) is 10.1. The third kappa shape index (κ3) is 5.01. The number of allylic oxidation sites excluding steroid dienone is 4. The highest BCUT2D eigenvalue weighted by atomic mass is 16.1. The normalized spacial score (nSPS) is 12.7. The predicted octanol–water partition coefficient (Wildman–Crippen LogP) is 2.20. The van der Waals surface area contributed by atoms with Crippen molar-refractivity contribution in [3.63, 3.8) is 0 Å². The van der Waals surface area contributed by atoms with E-state index in [0.29, 0.717) is 12.1 Å². The van der Waals surface area contributed by atoms with E-state index in [1.54, 1.807) is 12.2 Å². The van der Waals surface area contributed by atoms with Gasteiger partial charge in [0.05, 0.1) is 0 Å². The molecule has 1 amide bonds. The van der Waals surface area contributed by atoms with Gasteiger partial charge in [-0.15, -0.1) is 0 Å². The van der Waals surface area contributed by atoms with Gasteiger partial charge in [0.1, 0.15) is 0 Å². The highest BCUT2D eigenvalue weighted by molar-refractivity contribution is 5.96. The summed E-state index contributed by atoms with van der Waals surface area (Å²) in [4.78, 5) is 11.3. The number of nitrogens with one attached hydrogen (secondary N) is 1. The zero-order valence-electron chi connectivity index (χ0n) is 8.50. The maximum atomic E-state index is 11.3. The third-order valence-corrected chi connectivity index (χ3v) is 1.49. The van der Waals surface area contributed by atoms with E-state index in [0.717, 1.165) is 0 Å². The summed E-state index contributed by atoms with van der Waals surface area (Å²) in [5.74, 6) is -0.0225. The van der Waals surface area contributed by atoms with Crippen molar-refractivity contribution in [2.24, 2.45) is 0 Å². The summed E-state index contributed by atoms with van der Waals surface area (Å²) in [6, 6.07) is 0. The monoisotopic (exact) mass is 179 g/mol. The van der Waals surface area contributed by atoms with Crippen molar-refractivity contribution in [2.75, 3.05) is 6.54 Å². The number of rotatable bonds is 4. The molecule has 0 unspecified atom stereocenters. The molecule has 0 aliphatic rings. The summed E-state index contributed by atoms with van der Waals surface area (Å²) in [6.07, 6.45) is 9.25. The first kappa shape index (κ1) is 11.7. The summed E-state index contributed by atoms with van der Waals surface area (Å²) in [5, 5.41) is 2.74. The summed E-state index contributed by atoms with van der Waals surface area (Å²) < 4.78 is 0. The van der Waals surface area contributed by atoms with Gasteiger partial charge in [0.2, 0.25) is 0 Å². The molecule has 0 aromatic carbocycles. The minimum absolute atomic E-state index is 0.0225. The van der Waals surface area contributed by atoms with E-state index in [4.69, 9.17) is 0 Å². The Hall–Kier alpha value is -1.31. The number of hydrogen-bond acceptors (Lipinski definition) is 1. The Labute approximate surface area is 80.0 Å². The lowest BCUT2D eigenvalue weighted by atomic mass is 10.2. The first-order valence-electron chi connectivity index (χ1n) is 4.50. The molecule has 1 N–H and O–H groups in total. The molecule has 2 nitrogen and oxygen atoms in total. The van der Waals surface area contributed by atoms with Gasteiger partial charge in [-0.25, -0.2) is 0 Å². The molecule has 0 aromatic rings. The molecule has 0 spiro atoms. The van der Waals surface area contributed by atoms with E-state index in [9.17, 15) is 4.79 Å². The van der Waals surface area contributed by atoms with Crippen molar-refractivity contribution in [1.82, 2.24) is 5.32 Å². The average Bonchev–Trinajstić information content (AvgIpc) is 2.13. The minimum atomic E-state index is -0.0225. The molecule has 0 aliphatic heterocycles. The van der Waals surface area contributed by atoms with Crippen molar-refractivity contribution in [2.45, 2.75) is 20.8 Å². The van der Waals surface area contributed by atoms with Crippen LogP contribution >= 0.6 is 0 Å². The third-order valence-electron chi connectivity index (χ3n) is 1.49. The van der Waals surface area contributed by atoms with Crippen LogP contribution in [0.3, 0.4) is 0 Å². The first-order chi connectivity index (χ1) is 6.26. The number of carbonyl (C=O) groups excluding carboxylic acids is 1. The molecule has 0 fully saturated rings. The second kappa shape index (κ2) is 7.35. The topological polar surface area (TPSA) is 29.1 Å². The number of hydrogen-bond donors (Lipinski definition) is 1. The van der Waals surface area contributed by atoms with Crippen LogP contribution in [0.4, 0.5) is 0 Å². The minimum Gasteiger partial charge on any atom is -0.352 e. The van der Waals surface area contributed by atoms with Crippen molar-refractivity contribution in [3.8, 4) is 0 Å². The Balaban J connectivity index is 4.28. The van der Waals surface area contributed by atoms with Gasteiger partial charge in [0.15, 0.2) is 0 Å². The molecule has 0 saturated heterocycles. The van der Waals surface area contributed by atoms with Crippen LogP contribution in [-0.2, 0) is 4.79 Å². The van der Waals surface area contributed by atoms with Crippen LogP contribution in [0.25, 0.3) is 0 Å². The molecular formula is C11H17NO. The molecule has 2 heteroatoms. The molecule has 0 radical (unpaired) electrons. The summed E-state index contributed by atoms with van der Waals surface area (Å²) in [6.45, 7) is 6.35. The molecule has 0 atom stereocenters. The highest BCUT2D eigenvalue weighted by Crippen LogP contribution is 1.96. The van der Waals surface area contributed by atoms with Crippen molar-refractivity contribution in [3.05, 3.63) is 36.0 Å². The fourth-order valence-electron chi connectivity index (χ4n) is 0.836. The summed E-state index contributed by atoms with van der Waals surface area (Å²) in [5.41, 5.74) is 0.694. The maximum Gasteiger partial charge on any atom is 0.250 e. The largest absolute Gasteiger partial charge is 0.352 e.